The fourth-order valence-corrected chi connectivity index (χ4v) is 4.35. The number of carbonyl (C=O) groups is 3. The van der Waals surface area contributed by atoms with Gasteiger partial charge < -0.3 is 25.0 Å². The number of nitrogens with zero attached hydrogens (tertiary/aromatic N) is 1. The number of carbonyl (C=O) groups excluding carboxylic acids is 3. The maximum Gasteiger partial charge on any atom is 0.253 e. The minimum Gasteiger partial charge on any atom is -0.454 e. The summed E-state index contributed by atoms with van der Waals surface area (Å²) >= 11 is 5.92. The van der Waals surface area contributed by atoms with E-state index in [0.717, 1.165) is 6.42 Å². The Morgan fingerprint density at radius 2 is 1.71 bits per heavy atom. The highest BCUT2D eigenvalue weighted by Gasteiger charge is 2.34. The molecule has 2 aliphatic heterocycles. The summed E-state index contributed by atoms with van der Waals surface area (Å²) in [6.07, 6.45) is 2.00. The molecule has 180 valence electrons. The number of fused-ring (bicyclic) bond motifs is 1. The summed E-state index contributed by atoms with van der Waals surface area (Å²) in [6, 6.07) is 11.1. The summed E-state index contributed by atoms with van der Waals surface area (Å²) in [5.41, 5.74) is 0.976. The Labute approximate surface area is 203 Å². The Morgan fingerprint density at radius 1 is 1.03 bits per heavy atom. The van der Waals surface area contributed by atoms with Crippen molar-refractivity contribution in [2.45, 2.75) is 32.2 Å². The largest absolute Gasteiger partial charge is 0.454 e. The average Bonchev–Trinajstić information content (AvgIpc) is 3.34. The van der Waals surface area contributed by atoms with Crippen LogP contribution in [0.4, 0.5) is 0 Å². The van der Waals surface area contributed by atoms with Gasteiger partial charge in [0.2, 0.25) is 12.7 Å². The first kappa shape index (κ1) is 23.9. The highest BCUT2D eigenvalue weighted by Crippen LogP contribution is 2.32. The summed E-state index contributed by atoms with van der Waals surface area (Å²) < 4.78 is 10.7. The van der Waals surface area contributed by atoms with Crippen LogP contribution in [0.3, 0.4) is 0 Å². The summed E-state index contributed by atoms with van der Waals surface area (Å²) in [7, 11) is 0. The molecule has 2 heterocycles. The molecule has 1 fully saturated rings. The van der Waals surface area contributed by atoms with Crippen LogP contribution in [0.2, 0.25) is 5.02 Å². The van der Waals surface area contributed by atoms with Gasteiger partial charge in [-0.3, -0.25) is 14.4 Å². The minimum absolute atomic E-state index is 0.0634. The van der Waals surface area contributed by atoms with Crippen molar-refractivity contribution in [1.29, 1.82) is 0 Å². The molecule has 1 saturated heterocycles. The standard InChI is InChI=1S/C25H28ClN3O5/c1-2-11-27-24(31)22(28-23(30)18-5-8-20-21(14-18)34-15-33-20)16-9-12-29(13-10-16)25(32)17-3-6-19(26)7-4-17/h3-8,14,16,22H,2,9-13,15H2,1H3,(H,27,31)(H,28,30). The van der Waals surface area contributed by atoms with Gasteiger partial charge in [0.15, 0.2) is 11.5 Å². The molecule has 9 heteroatoms. The van der Waals surface area contributed by atoms with Crippen molar-refractivity contribution in [1.82, 2.24) is 15.5 Å². The number of nitrogens with one attached hydrogen (secondary N) is 2. The zero-order valence-electron chi connectivity index (χ0n) is 19.0. The van der Waals surface area contributed by atoms with E-state index in [4.69, 9.17) is 21.1 Å². The number of hydrogen-bond donors (Lipinski definition) is 2. The number of likely N-dealkylation sites (tertiary alicyclic amines) is 1. The molecule has 0 radical (unpaired) electrons. The van der Waals surface area contributed by atoms with Crippen molar-refractivity contribution in [2.75, 3.05) is 26.4 Å². The van der Waals surface area contributed by atoms with Gasteiger partial charge in [-0.15, -0.1) is 0 Å². The molecule has 0 aliphatic carbocycles. The maximum atomic E-state index is 13.0. The molecule has 8 nitrogen and oxygen atoms in total. The number of ether oxygens (including phenoxy) is 2. The summed E-state index contributed by atoms with van der Waals surface area (Å²) in [5.74, 6) is 0.379. The maximum absolute atomic E-state index is 13.0. The molecule has 1 unspecified atom stereocenters. The number of hydrogen-bond acceptors (Lipinski definition) is 5. The van der Waals surface area contributed by atoms with E-state index in [1.165, 1.54) is 0 Å². The molecule has 3 amide bonds. The van der Waals surface area contributed by atoms with Gasteiger partial charge in [0.05, 0.1) is 0 Å². The van der Waals surface area contributed by atoms with E-state index < -0.39 is 6.04 Å². The van der Waals surface area contributed by atoms with Crippen LogP contribution >= 0.6 is 11.6 Å². The predicted octanol–water partition coefficient (Wildman–Crippen LogP) is 3.25. The Morgan fingerprint density at radius 3 is 2.41 bits per heavy atom. The van der Waals surface area contributed by atoms with Crippen LogP contribution in [0, 0.1) is 5.92 Å². The third-order valence-electron chi connectivity index (χ3n) is 6.14. The minimum atomic E-state index is -0.697. The van der Waals surface area contributed by atoms with Gasteiger partial charge in [-0.05, 0) is 67.6 Å². The van der Waals surface area contributed by atoms with E-state index in [1.54, 1.807) is 47.4 Å². The Kier molecular flexibility index (Phi) is 7.57. The van der Waals surface area contributed by atoms with E-state index in [2.05, 4.69) is 10.6 Å². The number of rotatable bonds is 7. The molecule has 1 atom stereocenters. The van der Waals surface area contributed by atoms with Crippen LogP contribution in [0.25, 0.3) is 0 Å². The monoisotopic (exact) mass is 485 g/mol. The normalized spacial score (nSPS) is 16.1. The van der Waals surface area contributed by atoms with Crippen LogP contribution in [0.15, 0.2) is 42.5 Å². The van der Waals surface area contributed by atoms with E-state index in [9.17, 15) is 14.4 Å². The van der Waals surface area contributed by atoms with Crippen LogP contribution in [-0.2, 0) is 4.79 Å². The smallest absolute Gasteiger partial charge is 0.253 e. The van der Waals surface area contributed by atoms with E-state index in [1.807, 2.05) is 6.92 Å². The molecule has 0 saturated carbocycles. The molecule has 2 aromatic rings. The van der Waals surface area contributed by atoms with Crippen molar-refractivity contribution in [3.8, 4) is 11.5 Å². The lowest BCUT2D eigenvalue weighted by Gasteiger charge is -2.36. The zero-order valence-corrected chi connectivity index (χ0v) is 19.8. The van der Waals surface area contributed by atoms with Crippen LogP contribution in [0.1, 0.15) is 46.9 Å². The lowest BCUT2D eigenvalue weighted by atomic mass is 9.88. The van der Waals surface area contributed by atoms with E-state index >= 15 is 0 Å². The molecule has 2 aromatic carbocycles. The molecular formula is C25H28ClN3O5. The highest BCUT2D eigenvalue weighted by molar-refractivity contribution is 6.30. The second-order valence-corrected chi connectivity index (χ2v) is 8.88. The van der Waals surface area contributed by atoms with Crippen molar-refractivity contribution in [3.63, 3.8) is 0 Å². The molecule has 0 bridgehead atoms. The zero-order chi connectivity index (χ0) is 24.1. The van der Waals surface area contributed by atoms with E-state index in [0.29, 0.717) is 60.1 Å². The first-order chi connectivity index (χ1) is 16.5. The second kappa shape index (κ2) is 10.8. The molecular weight excluding hydrogens is 458 g/mol. The molecule has 0 spiro atoms. The first-order valence-corrected chi connectivity index (χ1v) is 11.9. The Bertz CT molecular complexity index is 1050. The molecule has 2 N–H and O–H groups in total. The fraction of sp³-hybridized carbons (Fsp3) is 0.400. The first-order valence-electron chi connectivity index (χ1n) is 11.5. The molecule has 4 rings (SSSR count). The molecule has 2 aliphatic rings. The number of benzene rings is 2. The van der Waals surface area contributed by atoms with Crippen LogP contribution in [0.5, 0.6) is 11.5 Å². The van der Waals surface area contributed by atoms with Crippen molar-refractivity contribution < 1.29 is 23.9 Å². The molecule has 0 aromatic heterocycles. The summed E-state index contributed by atoms with van der Waals surface area (Å²) in [5, 5.41) is 6.40. The Balaban J connectivity index is 1.42. The summed E-state index contributed by atoms with van der Waals surface area (Å²) in [4.78, 5) is 40.6. The van der Waals surface area contributed by atoms with Gasteiger partial charge in [0.25, 0.3) is 11.8 Å². The third kappa shape index (κ3) is 5.44. The predicted molar refractivity (Wildman–Crippen MR) is 127 cm³/mol. The number of amides is 3. The van der Waals surface area contributed by atoms with Gasteiger partial charge in [-0.2, -0.15) is 0 Å². The van der Waals surface area contributed by atoms with E-state index in [-0.39, 0.29) is 30.4 Å². The van der Waals surface area contributed by atoms with Crippen molar-refractivity contribution >= 4 is 29.3 Å². The fourth-order valence-electron chi connectivity index (χ4n) is 4.23. The third-order valence-corrected chi connectivity index (χ3v) is 6.39. The van der Waals surface area contributed by atoms with Crippen LogP contribution in [-0.4, -0.2) is 55.1 Å². The van der Waals surface area contributed by atoms with Crippen molar-refractivity contribution in [3.05, 3.63) is 58.6 Å². The van der Waals surface area contributed by atoms with Gasteiger partial charge >= 0.3 is 0 Å². The summed E-state index contributed by atoms with van der Waals surface area (Å²) in [6.45, 7) is 3.63. The number of piperidine rings is 1. The van der Waals surface area contributed by atoms with Gasteiger partial charge in [0, 0.05) is 35.8 Å². The molecule has 34 heavy (non-hydrogen) atoms. The SMILES string of the molecule is CCCNC(=O)C(NC(=O)c1ccc2c(c1)OCO2)C1CCN(C(=O)c2ccc(Cl)cc2)CC1. The Hall–Kier alpha value is -3.26. The van der Waals surface area contributed by atoms with Gasteiger partial charge in [-0.1, -0.05) is 18.5 Å². The van der Waals surface area contributed by atoms with Crippen LogP contribution < -0.4 is 20.1 Å². The highest BCUT2D eigenvalue weighted by atomic mass is 35.5. The second-order valence-electron chi connectivity index (χ2n) is 8.45. The quantitative estimate of drug-likeness (QED) is 0.627. The lowest BCUT2D eigenvalue weighted by molar-refractivity contribution is -0.124. The topological polar surface area (TPSA) is 97.0 Å². The average molecular weight is 486 g/mol. The van der Waals surface area contributed by atoms with Gasteiger partial charge in [-0.25, -0.2) is 0 Å². The van der Waals surface area contributed by atoms with Gasteiger partial charge in [0.1, 0.15) is 6.04 Å². The lowest BCUT2D eigenvalue weighted by Crippen LogP contribution is -2.54. The van der Waals surface area contributed by atoms with Crippen molar-refractivity contribution in [2.24, 2.45) is 5.92 Å². The number of halogens is 1.